The molecule has 6 nitrogen and oxygen atoms in total. The van der Waals surface area contributed by atoms with E-state index in [0.717, 1.165) is 12.1 Å². The summed E-state index contributed by atoms with van der Waals surface area (Å²) in [5.74, 6) is -0.539. The zero-order chi connectivity index (χ0) is 19.8. The summed E-state index contributed by atoms with van der Waals surface area (Å²) in [6.45, 7) is -0.133. The molecule has 1 heterocycles. The Morgan fingerprint density at radius 2 is 1.30 bits per heavy atom. The maximum absolute atomic E-state index is 13.0. The number of sulfonamides is 2. The lowest BCUT2D eigenvalue weighted by molar-refractivity contribution is 0.273. The molecule has 0 saturated carbocycles. The summed E-state index contributed by atoms with van der Waals surface area (Å²) in [7, 11) is -7.74. The van der Waals surface area contributed by atoms with Gasteiger partial charge in [-0.05, 0) is 42.5 Å². The number of rotatable bonds is 4. The fraction of sp³-hybridized carbons (Fsp3) is 0.250. The minimum absolute atomic E-state index is 0.0306. The summed E-state index contributed by atoms with van der Waals surface area (Å²) in [5, 5.41) is 0.274. The molecule has 0 radical (unpaired) electrons. The Morgan fingerprint density at radius 1 is 0.778 bits per heavy atom. The number of halogens is 3. The quantitative estimate of drug-likeness (QED) is 0.714. The average molecular weight is 453 g/mol. The van der Waals surface area contributed by atoms with Crippen molar-refractivity contribution in [1.29, 1.82) is 0 Å². The summed E-state index contributed by atoms with van der Waals surface area (Å²) >= 11 is 11.9. The number of piperazine rings is 1. The van der Waals surface area contributed by atoms with Crippen molar-refractivity contribution in [2.45, 2.75) is 9.79 Å². The lowest BCUT2D eigenvalue weighted by Gasteiger charge is -2.33. The third-order valence-corrected chi connectivity index (χ3v) is 8.69. The van der Waals surface area contributed by atoms with E-state index in [1.165, 1.54) is 38.9 Å². The summed E-state index contributed by atoms with van der Waals surface area (Å²) < 4.78 is 66.2. The highest BCUT2D eigenvalue weighted by Gasteiger charge is 2.34. The zero-order valence-electron chi connectivity index (χ0n) is 13.8. The minimum Gasteiger partial charge on any atom is -0.207 e. The molecular weight excluding hydrogens is 438 g/mol. The first-order chi connectivity index (χ1) is 12.6. The van der Waals surface area contributed by atoms with Crippen molar-refractivity contribution in [2.24, 2.45) is 0 Å². The number of hydrogen-bond donors (Lipinski definition) is 0. The van der Waals surface area contributed by atoms with Crippen LogP contribution in [0, 0.1) is 5.82 Å². The first-order valence-electron chi connectivity index (χ1n) is 7.83. The molecule has 1 aliphatic rings. The highest BCUT2D eigenvalue weighted by molar-refractivity contribution is 7.89. The van der Waals surface area contributed by atoms with Crippen molar-refractivity contribution in [1.82, 2.24) is 8.61 Å². The second kappa shape index (κ2) is 7.65. The summed E-state index contributed by atoms with van der Waals surface area (Å²) in [6, 6.07) is 8.63. The molecule has 0 aromatic heterocycles. The maximum atomic E-state index is 13.0. The van der Waals surface area contributed by atoms with E-state index < -0.39 is 25.9 Å². The summed E-state index contributed by atoms with van der Waals surface area (Å²) in [4.78, 5) is -0.162. The molecule has 27 heavy (non-hydrogen) atoms. The molecule has 0 atom stereocenters. The summed E-state index contributed by atoms with van der Waals surface area (Å²) in [6.07, 6.45) is 0. The zero-order valence-corrected chi connectivity index (χ0v) is 17.0. The van der Waals surface area contributed by atoms with Crippen LogP contribution in [-0.2, 0) is 20.0 Å². The normalized spacial score (nSPS) is 17.1. The van der Waals surface area contributed by atoms with E-state index in [2.05, 4.69) is 0 Å². The van der Waals surface area contributed by atoms with Crippen LogP contribution in [0.4, 0.5) is 4.39 Å². The van der Waals surface area contributed by atoms with E-state index in [1.54, 1.807) is 0 Å². The fourth-order valence-electron chi connectivity index (χ4n) is 2.72. The second-order valence-electron chi connectivity index (χ2n) is 5.84. The Bertz CT molecular complexity index is 1050. The van der Waals surface area contributed by atoms with Gasteiger partial charge in [0.1, 0.15) is 10.7 Å². The van der Waals surface area contributed by atoms with Crippen LogP contribution in [0.25, 0.3) is 0 Å². The van der Waals surface area contributed by atoms with Gasteiger partial charge in [0.2, 0.25) is 20.0 Å². The van der Waals surface area contributed by atoms with Gasteiger partial charge in [-0.15, -0.1) is 0 Å². The number of hydrogen-bond acceptors (Lipinski definition) is 4. The highest BCUT2D eigenvalue weighted by atomic mass is 35.5. The van der Waals surface area contributed by atoms with E-state index >= 15 is 0 Å². The molecule has 1 aliphatic heterocycles. The molecule has 2 aromatic carbocycles. The predicted octanol–water partition coefficient (Wildman–Crippen LogP) is 2.83. The largest absolute Gasteiger partial charge is 0.244 e. The molecule has 1 fully saturated rings. The third-order valence-electron chi connectivity index (χ3n) is 4.16. The first-order valence-corrected chi connectivity index (χ1v) is 11.5. The van der Waals surface area contributed by atoms with Gasteiger partial charge >= 0.3 is 0 Å². The molecule has 0 N–H and O–H groups in total. The minimum atomic E-state index is -3.91. The van der Waals surface area contributed by atoms with Crippen LogP contribution in [0.1, 0.15) is 0 Å². The van der Waals surface area contributed by atoms with Gasteiger partial charge in [0, 0.05) is 31.2 Å². The molecule has 0 bridgehead atoms. The first kappa shape index (κ1) is 20.5. The van der Waals surface area contributed by atoms with Crippen molar-refractivity contribution in [3.8, 4) is 0 Å². The second-order valence-corrected chi connectivity index (χ2v) is 10.5. The van der Waals surface area contributed by atoms with E-state index in [1.807, 2.05) is 0 Å². The Morgan fingerprint density at radius 3 is 1.85 bits per heavy atom. The van der Waals surface area contributed by atoms with Gasteiger partial charge < -0.3 is 0 Å². The lowest BCUT2D eigenvalue weighted by atomic mass is 10.4. The van der Waals surface area contributed by atoms with Crippen LogP contribution in [0.3, 0.4) is 0 Å². The van der Waals surface area contributed by atoms with Gasteiger partial charge in [-0.3, -0.25) is 0 Å². The highest BCUT2D eigenvalue weighted by Crippen LogP contribution is 2.29. The van der Waals surface area contributed by atoms with Crippen molar-refractivity contribution in [2.75, 3.05) is 26.2 Å². The Hall–Kier alpha value is -1.23. The molecule has 0 amide bonds. The number of nitrogens with zero attached hydrogens (tertiary/aromatic N) is 2. The molecule has 146 valence electrons. The average Bonchev–Trinajstić information content (AvgIpc) is 2.64. The van der Waals surface area contributed by atoms with Gasteiger partial charge in [0.15, 0.2) is 0 Å². The monoisotopic (exact) mass is 452 g/mol. The van der Waals surface area contributed by atoms with E-state index in [-0.39, 0.29) is 46.0 Å². The van der Waals surface area contributed by atoms with E-state index in [4.69, 9.17) is 23.2 Å². The Labute approximate surface area is 167 Å². The standard InChI is InChI=1S/C16H15Cl2FN2O4S2/c17-12-1-6-15(18)16(11-12)27(24,25)21-9-7-20(8-10-21)26(22,23)14-4-2-13(19)3-5-14/h1-6,11H,7-10H2. The Kier molecular flexibility index (Phi) is 5.81. The van der Waals surface area contributed by atoms with Gasteiger partial charge in [-0.25, -0.2) is 21.2 Å². The molecule has 1 saturated heterocycles. The van der Waals surface area contributed by atoms with Crippen molar-refractivity contribution >= 4 is 43.2 Å². The Balaban J connectivity index is 1.78. The van der Waals surface area contributed by atoms with Gasteiger partial charge in [0.05, 0.1) is 9.92 Å². The third kappa shape index (κ3) is 4.13. The molecule has 3 rings (SSSR count). The van der Waals surface area contributed by atoms with Crippen LogP contribution in [0.5, 0.6) is 0 Å². The van der Waals surface area contributed by atoms with E-state index in [0.29, 0.717) is 0 Å². The SMILES string of the molecule is O=S(=O)(c1ccc(F)cc1)N1CCN(S(=O)(=O)c2cc(Cl)ccc2Cl)CC1. The van der Waals surface area contributed by atoms with E-state index in [9.17, 15) is 21.2 Å². The number of benzene rings is 2. The molecule has 2 aromatic rings. The molecule has 0 aliphatic carbocycles. The van der Waals surface area contributed by atoms with Gasteiger partial charge in [-0.1, -0.05) is 23.2 Å². The van der Waals surface area contributed by atoms with Gasteiger partial charge in [0.25, 0.3) is 0 Å². The van der Waals surface area contributed by atoms with Crippen LogP contribution in [0.15, 0.2) is 52.3 Å². The molecule has 0 spiro atoms. The topological polar surface area (TPSA) is 74.8 Å². The molecule has 11 heteroatoms. The fourth-order valence-corrected chi connectivity index (χ4v) is 6.30. The van der Waals surface area contributed by atoms with Crippen molar-refractivity contribution in [3.63, 3.8) is 0 Å². The van der Waals surface area contributed by atoms with Crippen molar-refractivity contribution in [3.05, 3.63) is 58.3 Å². The van der Waals surface area contributed by atoms with Crippen LogP contribution in [-0.4, -0.2) is 51.6 Å². The van der Waals surface area contributed by atoms with Crippen LogP contribution >= 0.6 is 23.2 Å². The predicted molar refractivity (Wildman–Crippen MR) is 100 cm³/mol. The lowest BCUT2D eigenvalue weighted by Crippen LogP contribution is -2.50. The molecular formula is C16H15Cl2FN2O4S2. The van der Waals surface area contributed by atoms with Gasteiger partial charge in [-0.2, -0.15) is 8.61 Å². The molecule has 0 unspecified atom stereocenters. The van der Waals surface area contributed by atoms with Crippen molar-refractivity contribution < 1.29 is 21.2 Å². The van der Waals surface area contributed by atoms with Crippen LogP contribution < -0.4 is 0 Å². The van der Waals surface area contributed by atoms with Crippen LogP contribution in [0.2, 0.25) is 10.0 Å². The maximum Gasteiger partial charge on any atom is 0.244 e. The smallest absolute Gasteiger partial charge is 0.207 e. The summed E-state index contributed by atoms with van der Waals surface area (Å²) in [5.41, 5.74) is 0.